The zero-order valence-electron chi connectivity index (χ0n) is 26.7. The van der Waals surface area contributed by atoms with E-state index in [0.29, 0.717) is 32.0 Å². The lowest BCUT2D eigenvalue weighted by molar-refractivity contribution is -0.147. The molecule has 2 aromatic rings. The number of rotatable bonds is 12. The Labute approximate surface area is 255 Å². The van der Waals surface area contributed by atoms with Gasteiger partial charge in [-0.3, -0.25) is 9.59 Å². The van der Waals surface area contributed by atoms with Gasteiger partial charge in [-0.15, -0.1) is 0 Å². The second-order valence-electron chi connectivity index (χ2n) is 13.6. The van der Waals surface area contributed by atoms with Crippen LogP contribution in [-0.2, 0) is 32.2 Å². The zero-order chi connectivity index (χ0) is 31.4. The van der Waals surface area contributed by atoms with Gasteiger partial charge in [0.2, 0.25) is 11.6 Å². The van der Waals surface area contributed by atoms with Crippen molar-refractivity contribution < 1.29 is 28.2 Å². The number of methoxy groups -OCH3 is 1. The highest BCUT2D eigenvalue weighted by Gasteiger charge is 2.51. The van der Waals surface area contributed by atoms with Crippen molar-refractivity contribution in [2.45, 2.75) is 97.1 Å². The molecule has 2 heterocycles. The topological polar surface area (TPSA) is 93.1 Å². The molecule has 1 aromatic carbocycles. The summed E-state index contributed by atoms with van der Waals surface area (Å²) in [5.41, 5.74) is -1.10. The maximum atomic E-state index is 16.6. The summed E-state index contributed by atoms with van der Waals surface area (Å²) in [7, 11) is 1.69. The Morgan fingerprint density at radius 2 is 1.91 bits per heavy atom. The van der Waals surface area contributed by atoms with Gasteiger partial charge in [-0.2, -0.15) is 0 Å². The SMILES string of the molecule is COCCCn1cc(CN(C(=O)C2CN(C(=O)OC(C)(C)C)C[C@@](F)(C(=O)NCCC(C)C)C2)C2CC2)c2ccccc21. The van der Waals surface area contributed by atoms with Gasteiger partial charge in [-0.05, 0) is 64.0 Å². The summed E-state index contributed by atoms with van der Waals surface area (Å²) in [6.45, 7) is 11.0. The number of aryl methyl sites for hydroxylation is 1. The monoisotopic (exact) mass is 600 g/mol. The van der Waals surface area contributed by atoms with Gasteiger partial charge in [0.1, 0.15) is 5.60 Å². The van der Waals surface area contributed by atoms with E-state index in [4.69, 9.17) is 9.47 Å². The quantitative estimate of drug-likeness (QED) is 0.334. The third-order valence-corrected chi connectivity index (χ3v) is 8.10. The number of amides is 3. The highest BCUT2D eigenvalue weighted by atomic mass is 19.1. The maximum absolute atomic E-state index is 16.6. The van der Waals surface area contributed by atoms with Crippen molar-refractivity contribution in [3.8, 4) is 0 Å². The van der Waals surface area contributed by atoms with Crippen LogP contribution in [-0.4, -0.2) is 82.9 Å². The Morgan fingerprint density at radius 1 is 1.19 bits per heavy atom. The number of ether oxygens (including phenoxy) is 2. The molecule has 10 heteroatoms. The molecule has 1 N–H and O–H groups in total. The minimum absolute atomic E-state index is 0.000683. The van der Waals surface area contributed by atoms with Crippen LogP contribution < -0.4 is 5.32 Å². The molecule has 0 spiro atoms. The number of hydrogen-bond acceptors (Lipinski definition) is 5. The average Bonchev–Trinajstić information content (AvgIpc) is 3.72. The largest absolute Gasteiger partial charge is 0.444 e. The summed E-state index contributed by atoms with van der Waals surface area (Å²) in [6.07, 6.45) is 4.40. The summed E-state index contributed by atoms with van der Waals surface area (Å²) >= 11 is 0. The predicted molar refractivity (Wildman–Crippen MR) is 164 cm³/mol. The van der Waals surface area contributed by atoms with Crippen LogP contribution >= 0.6 is 0 Å². The van der Waals surface area contributed by atoms with Crippen molar-refractivity contribution in [2.24, 2.45) is 11.8 Å². The van der Waals surface area contributed by atoms with Crippen LogP contribution in [0.1, 0.15) is 72.3 Å². The first-order chi connectivity index (χ1) is 20.3. The summed E-state index contributed by atoms with van der Waals surface area (Å²) in [6, 6.07) is 8.18. The molecule has 0 radical (unpaired) electrons. The van der Waals surface area contributed by atoms with Gasteiger partial charge in [0.25, 0.3) is 5.91 Å². The Balaban J connectivity index is 1.59. The molecule has 0 bridgehead atoms. The van der Waals surface area contributed by atoms with Crippen LogP contribution in [0, 0.1) is 11.8 Å². The molecule has 1 saturated carbocycles. The zero-order valence-corrected chi connectivity index (χ0v) is 26.7. The Morgan fingerprint density at radius 3 is 2.56 bits per heavy atom. The summed E-state index contributed by atoms with van der Waals surface area (Å²) in [5, 5.41) is 3.78. The van der Waals surface area contributed by atoms with Gasteiger partial charge in [0.05, 0.1) is 12.5 Å². The molecule has 4 rings (SSSR count). The molecule has 43 heavy (non-hydrogen) atoms. The number of piperidine rings is 1. The van der Waals surface area contributed by atoms with Gasteiger partial charge in [-0.25, -0.2) is 9.18 Å². The first kappa shape index (κ1) is 32.8. The van der Waals surface area contributed by atoms with Crippen molar-refractivity contribution >= 4 is 28.8 Å². The third-order valence-electron chi connectivity index (χ3n) is 8.10. The first-order valence-corrected chi connectivity index (χ1v) is 15.6. The molecule has 2 aliphatic rings. The number of alkyl halides is 1. The van der Waals surface area contributed by atoms with Crippen molar-refractivity contribution in [2.75, 3.05) is 33.4 Å². The molecule has 9 nitrogen and oxygen atoms in total. The van der Waals surface area contributed by atoms with Crippen LogP contribution in [0.5, 0.6) is 0 Å². The normalized spacial score (nSPS) is 20.8. The Kier molecular flexibility index (Phi) is 10.4. The number of likely N-dealkylation sites (tertiary alicyclic amines) is 1. The van der Waals surface area contributed by atoms with E-state index in [0.717, 1.165) is 42.3 Å². The Bertz CT molecular complexity index is 1280. The molecule has 1 aliphatic heterocycles. The fraction of sp³-hybridized carbons (Fsp3) is 0.667. The lowest BCUT2D eigenvalue weighted by Gasteiger charge is -2.41. The predicted octanol–water partition coefficient (Wildman–Crippen LogP) is 5.30. The van der Waals surface area contributed by atoms with Crippen LogP contribution in [0.2, 0.25) is 0 Å². The summed E-state index contributed by atoms with van der Waals surface area (Å²) in [5.74, 6) is -1.55. The van der Waals surface area contributed by atoms with Crippen LogP contribution in [0.4, 0.5) is 9.18 Å². The lowest BCUT2D eigenvalue weighted by Crippen LogP contribution is -2.61. The second-order valence-corrected chi connectivity index (χ2v) is 13.6. The fourth-order valence-corrected chi connectivity index (χ4v) is 5.79. The van der Waals surface area contributed by atoms with Gasteiger partial charge in [0, 0.05) is 69.5 Å². The smallest absolute Gasteiger partial charge is 0.410 e. The van der Waals surface area contributed by atoms with Gasteiger partial charge < -0.3 is 29.2 Å². The second kappa shape index (κ2) is 13.7. The molecule has 2 atom stereocenters. The molecule has 1 saturated heterocycles. The van der Waals surface area contributed by atoms with Crippen molar-refractivity contribution in [1.29, 1.82) is 0 Å². The van der Waals surface area contributed by atoms with Gasteiger partial charge in [-0.1, -0.05) is 32.0 Å². The number of fused-ring (bicyclic) bond motifs is 1. The molecule has 2 fully saturated rings. The van der Waals surface area contributed by atoms with Crippen LogP contribution in [0.3, 0.4) is 0 Å². The lowest BCUT2D eigenvalue weighted by atomic mass is 9.85. The number of carbonyl (C=O) groups excluding carboxylic acids is 3. The highest BCUT2D eigenvalue weighted by Crippen LogP contribution is 2.36. The van der Waals surface area contributed by atoms with E-state index >= 15 is 4.39 Å². The molecule has 3 amide bonds. The number of para-hydroxylation sites is 1. The van der Waals surface area contributed by atoms with E-state index in [-0.39, 0.29) is 24.9 Å². The number of hydrogen-bond donors (Lipinski definition) is 1. The van der Waals surface area contributed by atoms with E-state index < -0.39 is 35.7 Å². The van der Waals surface area contributed by atoms with E-state index in [1.54, 1.807) is 27.9 Å². The highest BCUT2D eigenvalue weighted by molar-refractivity contribution is 5.89. The number of carbonyl (C=O) groups is 3. The van der Waals surface area contributed by atoms with E-state index in [1.807, 2.05) is 30.9 Å². The van der Waals surface area contributed by atoms with Crippen LogP contribution in [0.15, 0.2) is 30.5 Å². The molecule has 1 aliphatic carbocycles. The summed E-state index contributed by atoms with van der Waals surface area (Å²) in [4.78, 5) is 43.6. The minimum atomic E-state index is -2.40. The number of aromatic nitrogens is 1. The van der Waals surface area contributed by atoms with E-state index in [1.165, 1.54) is 4.90 Å². The van der Waals surface area contributed by atoms with Gasteiger partial charge >= 0.3 is 6.09 Å². The van der Waals surface area contributed by atoms with Crippen molar-refractivity contribution in [3.63, 3.8) is 0 Å². The first-order valence-electron chi connectivity index (χ1n) is 15.6. The maximum Gasteiger partial charge on any atom is 0.410 e. The third kappa shape index (κ3) is 8.49. The van der Waals surface area contributed by atoms with Crippen LogP contribution in [0.25, 0.3) is 10.9 Å². The van der Waals surface area contributed by atoms with Crippen molar-refractivity contribution in [3.05, 3.63) is 36.0 Å². The number of halogens is 1. The van der Waals surface area contributed by atoms with Crippen molar-refractivity contribution in [1.82, 2.24) is 19.7 Å². The molecular weight excluding hydrogens is 551 g/mol. The fourth-order valence-electron chi connectivity index (χ4n) is 5.79. The van der Waals surface area contributed by atoms with Gasteiger partial charge in [0.15, 0.2) is 0 Å². The minimum Gasteiger partial charge on any atom is -0.444 e. The number of nitrogens with one attached hydrogen (secondary N) is 1. The summed E-state index contributed by atoms with van der Waals surface area (Å²) < 4.78 is 29.5. The number of benzene rings is 1. The molecule has 1 aromatic heterocycles. The number of nitrogens with zero attached hydrogens (tertiary/aromatic N) is 3. The molecular formula is C33H49FN4O5. The van der Waals surface area contributed by atoms with E-state index in [9.17, 15) is 14.4 Å². The molecule has 238 valence electrons. The molecule has 1 unspecified atom stereocenters. The average molecular weight is 601 g/mol. The standard InChI is InChI=1S/C33H49FN4O5/c1-23(2)14-15-35-30(40)33(34)18-24(19-37(22-33)31(41)43-32(3,4)5)29(39)38(26-12-13-26)21-25-20-36(16-9-17-42-6)28-11-8-7-10-27(25)28/h7-8,10-11,20,23-24,26H,9,12-19,21-22H2,1-6H3,(H,35,40)/t24?,33-/m1/s1. The van der Waals surface area contributed by atoms with E-state index in [2.05, 4.69) is 28.2 Å². The Hall–Kier alpha value is -3.14.